The van der Waals surface area contributed by atoms with Gasteiger partial charge in [0.15, 0.2) is 0 Å². The number of phenols is 1. The number of hydrogen-bond donors (Lipinski definition) is 1. The summed E-state index contributed by atoms with van der Waals surface area (Å²) in [6.07, 6.45) is 0. The van der Waals surface area contributed by atoms with E-state index in [0.717, 1.165) is 0 Å². The molecule has 0 radical (unpaired) electrons. The Bertz CT molecular complexity index is 624. The van der Waals surface area contributed by atoms with Crippen molar-refractivity contribution in [2.75, 3.05) is 0 Å². The van der Waals surface area contributed by atoms with Crippen molar-refractivity contribution in [2.24, 2.45) is 0 Å². The van der Waals surface area contributed by atoms with Gasteiger partial charge in [-0.25, -0.2) is 0 Å². The normalized spacial score (nSPS) is 9.89. The monoisotopic (exact) mass is 274 g/mol. The maximum atomic E-state index is 10.6. The number of benzene rings is 1. The molecule has 0 fully saturated rings. The number of hydrogen-bond acceptors (Lipinski definition) is 9. The predicted molar refractivity (Wildman–Crippen MR) is 54.7 cm³/mol. The SMILES string of the molecule is O=[N+]([O-])c1cc(O)c([N+](=O)[O-])c([N+](=O)[O-])c1[N+](=O)[O-]. The van der Waals surface area contributed by atoms with Crippen LogP contribution in [0.3, 0.4) is 0 Å². The highest BCUT2D eigenvalue weighted by atomic mass is 16.7. The molecule has 0 atom stereocenters. The van der Waals surface area contributed by atoms with E-state index in [4.69, 9.17) is 0 Å². The van der Waals surface area contributed by atoms with Gasteiger partial charge >= 0.3 is 22.7 Å². The Kier molecular flexibility index (Phi) is 3.22. The van der Waals surface area contributed by atoms with Crippen LogP contribution < -0.4 is 0 Å². The van der Waals surface area contributed by atoms with Crippen LogP contribution in [0.15, 0.2) is 6.07 Å². The molecular formula is C6H2N4O9. The van der Waals surface area contributed by atoms with Gasteiger partial charge in [0, 0.05) is 0 Å². The van der Waals surface area contributed by atoms with Crippen LogP contribution in [-0.4, -0.2) is 24.8 Å². The molecule has 19 heavy (non-hydrogen) atoms. The van der Waals surface area contributed by atoms with Crippen molar-refractivity contribution in [3.05, 3.63) is 46.5 Å². The minimum absolute atomic E-state index is 0.114. The highest BCUT2D eigenvalue weighted by Gasteiger charge is 2.46. The number of nitro groups is 4. The summed E-state index contributed by atoms with van der Waals surface area (Å²) in [5.74, 6) is -1.41. The summed E-state index contributed by atoms with van der Waals surface area (Å²) in [6.45, 7) is 0. The van der Waals surface area contributed by atoms with Crippen LogP contribution in [0.2, 0.25) is 0 Å². The number of aromatic hydroxyl groups is 1. The first kappa shape index (κ1) is 13.7. The topological polar surface area (TPSA) is 193 Å². The van der Waals surface area contributed by atoms with Gasteiger partial charge in [-0.2, -0.15) is 0 Å². The van der Waals surface area contributed by atoms with Gasteiger partial charge in [-0.15, -0.1) is 0 Å². The number of nitro benzene ring substituents is 4. The molecule has 13 nitrogen and oxygen atoms in total. The van der Waals surface area contributed by atoms with E-state index in [1.54, 1.807) is 0 Å². The van der Waals surface area contributed by atoms with E-state index >= 15 is 0 Å². The Balaban J connectivity index is 3.98. The summed E-state index contributed by atoms with van der Waals surface area (Å²) in [5.41, 5.74) is -6.41. The van der Waals surface area contributed by atoms with Crippen molar-refractivity contribution in [2.45, 2.75) is 0 Å². The summed E-state index contributed by atoms with van der Waals surface area (Å²) in [4.78, 5) is 36.5. The quantitative estimate of drug-likeness (QED) is 0.615. The predicted octanol–water partition coefficient (Wildman–Crippen LogP) is 1.02. The third kappa shape index (κ3) is 2.19. The molecule has 0 saturated heterocycles. The summed E-state index contributed by atoms with van der Waals surface area (Å²) in [6, 6.07) is 0.114. The van der Waals surface area contributed by atoms with Crippen molar-refractivity contribution in [3.8, 4) is 5.75 Å². The van der Waals surface area contributed by atoms with E-state index in [9.17, 15) is 45.6 Å². The molecule has 0 aliphatic carbocycles. The number of rotatable bonds is 4. The molecule has 1 N–H and O–H groups in total. The van der Waals surface area contributed by atoms with Gasteiger partial charge in [-0.05, 0) is 0 Å². The molecule has 1 aromatic carbocycles. The Morgan fingerprint density at radius 2 is 1.16 bits per heavy atom. The summed E-state index contributed by atoms with van der Waals surface area (Å²) in [7, 11) is 0. The fourth-order valence-electron chi connectivity index (χ4n) is 1.29. The Labute approximate surface area is 101 Å². The molecule has 100 valence electrons. The van der Waals surface area contributed by atoms with Gasteiger partial charge < -0.3 is 5.11 Å². The molecule has 0 aliphatic heterocycles. The lowest BCUT2D eigenvalue weighted by Gasteiger charge is -2.00. The van der Waals surface area contributed by atoms with E-state index in [0.29, 0.717) is 0 Å². The fourth-order valence-corrected chi connectivity index (χ4v) is 1.29. The molecule has 0 spiro atoms. The van der Waals surface area contributed by atoms with Crippen LogP contribution in [0.25, 0.3) is 0 Å². The first-order chi connectivity index (χ1) is 8.68. The van der Waals surface area contributed by atoms with Crippen LogP contribution in [-0.2, 0) is 0 Å². The van der Waals surface area contributed by atoms with Crippen molar-refractivity contribution in [3.63, 3.8) is 0 Å². The van der Waals surface area contributed by atoms with E-state index in [1.165, 1.54) is 0 Å². The largest absolute Gasteiger partial charge is 0.502 e. The third-order valence-corrected chi connectivity index (χ3v) is 1.95. The highest BCUT2D eigenvalue weighted by Crippen LogP contribution is 2.47. The fraction of sp³-hybridized carbons (Fsp3) is 0. The number of phenolic OH excluding ortho intramolecular Hbond substituents is 1. The van der Waals surface area contributed by atoms with Crippen molar-refractivity contribution in [1.82, 2.24) is 0 Å². The molecule has 0 bridgehead atoms. The van der Waals surface area contributed by atoms with Crippen LogP contribution in [0.5, 0.6) is 5.75 Å². The summed E-state index contributed by atoms with van der Waals surface area (Å²) in [5, 5.41) is 51.5. The van der Waals surface area contributed by atoms with Gasteiger partial charge in [-0.1, -0.05) is 0 Å². The lowest BCUT2D eigenvalue weighted by atomic mass is 10.2. The van der Waals surface area contributed by atoms with E-state index < -0.39 is 48.2 Å². The van der Waals surface area contributed by atoms with Crippen molar-refractivity contribution in [1.29, 1.82) is 0 Å². The second kappa shape index (κ2) is 4.47. The number of nitrogens with zero attached hydrogens (tertiary/aromatic N) is 4. The van der Waals surface area contributed by atoms with E-state index in [-0.39, 0.29) is 6.07 Å². The minimum atomic E-state index is -1.75. The average Bonchev–Trinajstić information content (AvgIpc) is 2.25. The van der Waals surface area contributed by atoms with Gasteiger partial charge in [-0.3, -0.25) is 40.5 Å². The van der Waals surface area contributed by atoms with Gasteiger partial charge in [0.05, 0.1) is 25.8 Å². The standard InChI is InChI=1S/C6H2N4O9/c11-3-1-2(7(12)13)4(8(14)15)6(10(18)19)5(3)9(16)17/h1,11H. The van der Waals surface area contributed by atoms with Crippen molar-refractivity contribution < 1.29 is 24.8 Å². The van der Waals surface area contributed by atoms with Crippen molar-refractivity contribution >= 4 is 22.7 Å². The first-order valence-electron chi connectivity index (χ1n) is 4.16. The minimum Gasteiger partial charge on any atom is -0.502 e. The first-order valence-corrected chi connectivity index (χ1v) is 4.16. The van der Waals surface area contributed by atoms with E-state index in [2.05, 4.69) is 0 Å². The molecule has 0 saturated carbocycles. The second-order valence-electron chi connectivity index (χ2n) is 2.99. The molecule has 0 aromatic heterocycles. The average molecular weight is 274 g/mol. The lowest BCUT2D eigenvalue weighted by molar-refractivity contribution is -0.452. The van der Waals surface area contributed by atoms with Crippen LogP contribution in [0.4, 0.5) is 22.7 Å². The molecule has 13 heteroatoms. The summed E-state index contributed by atoms with van der Waals surface area (Å²) < 4.78 is 0. The molecule has 0 unspecified atom stereocenters. The lowest BCUT2D eigenvalue weighted by Crippen LogP contribution is -2.05. The molecule has 0 heterocycles. The van der Waals surface area contributed by atoms with Crippen LogP contribution in [0, 0.1) is 40.5 Å². The molecular weight excluding hydrogens is 272 g/mol. The molecule has 1 rings (SSSR count). The maximum Gasteiger partial charge on any atom is 0.433 e. The van der Waals surface area contributed by atoms with Gasteiger partial charge in [0.2, 0.25) is 5.75 Å². The molecule has 0 amide bonds. The van der Waals surface area contributed by atoms with Gasteiger partial charge in [0.25, 0.3) is 0 Å². The second-order valence-corrected chi connectivity index (χ2v) is 2.99. The zero-order valence-electron chi connectivity index (χ0n) is 8.58. The Morgan fingerprint density at radius 1 is 0.737 bits per heavy atom. The zero-order chi connectivity index (χ0) is 14.9. The third-order valence-electron chi connectivity index (χ3n) is 1.95. The smallest absolute Gasteiger partial charge is 0.433 e. The Hall–Kier alpha value is -3.38. The highest BCUT2D eigenvalue weighted by molar-refractivity contribution is 5.79. The maximum absolute atomic E-state index is 10.6. The van der Waals surface area contributed by atoms with E-state index in [1.807, 2.05) is 0 Å². The molecule has 0 aliphatic rings. The van der Waals surface area contributed by atoms with Crippen LogP contribution >= 0.6 is 0 Å². The Morgan fingerprint density at radius 3 is 1.47 bits per heavy atom. The van der Waals surface area contributed by atoms with Gasteiger partial charge in [0.1, 0.15) is 0 Å². The van der Waals surface area contributed by atoms with Crippen LogP contribution in [0.1, 0.15) is 0 Å². The molecule has 1 aromatic rings. The summed E-state index contributed by atoms with van der Waals surface area (Å²) >= 11 is 0. The zero-order valence-corrected chi connectivity index (χ0v) is 8.58.